The quantitative estimate of drug-likeness (QED) is 0.611. The molecule has 156 valence electrons. The topological polar surface area (TPSA) is 67.6 Å². The Labute approximate surface area is 176 Å². The Morgan fingerprint density at radius 3 is 2.70 bits per heavy atom. The summed E-state index contributed by atoms with van der Waals surface area (Å²) < 4.78 is 11.4. The van der Waals surface area contributed by atoms with Gasteiger partial charge in [0.25, 0.3) is 5.89 Å². The molecule has 6 heteroatoms. The predicted molar refractivity (Wildman–Crippen MR) is 115 cm³/mol. The minimum Gasteiger partial charge on any atom is -0.492 e. The molecule has 0 saturated heterocycles. The van der Waals surface area contributed by atoms with Gasteiger partial charge in [-0.1, -0.05) is 42.5 Å². The molecule has 0 atom stereocenters. The van der Waals surface area contributed by atoms with E-state index >= 15 is 0 Å². The highest BCUT2D eigenvalue weighted by Crippen LogP contribution is 2.19. The van der Waals surface area contributed by atoms with E-state index in [1.165, 1.54) is 11.1 Å². The number of aromatic nitrogens is 1. The lowest BCUT2D eigenvalue weighted by Crippen LogP contribution is -2.28. The molecular formula is C24H27N3O3. The Bertz CT molecular complexity index is 959. The summed E-state index contributed by atoms with van der Waals surface area (Å²) in [6.07, 6.45) is 1.55. The normalized spacial score (nSPS) is 14.0. The van der Waals surface area contributed by atoms with Crippen LogP contribution in [0.1, 0.15) is 33.3 Å². The smallest absolute Gasteiger partial charge is 0.307 e. The van der Waals surface area contributed by atoms with Gasteiger partial charge in [0.05, 0.1) is 12.2 Å². The summed E-state index contributed by atoms with van der Waals surface area (Å²) in [4.78, 5) is 19.2. The zero-order valence-electron chi connectivity index (χ0n) is 17.3. The van der Waals surface area contributed by atoms with Crippen molar-refractivity contribution in [3.63, 3.8) is 0 Å². The number of hydrogen-bond acceptors (Lipinski definition) is 5. The second-order valence-corrected chi connectivity index (χ2v) is 7.51. The summed E-state index contributed by atoms with van der Waals surface area (Å²) in [5, 5.41) is 2.81. The number of benzene rings is 2. The van der Waals surface area contributed by atoms with E-state index in [2.05, 4.69) is 46.4 Å². The summed E-state index contributed by atoms with van der Waals surface area (Å²) in [6, 6.07) is 18.0. The number of rotatable bonds is 7. The second kappa shape index (κ2) is 9.59. The summed E-state index contributed by atoms with van der Waals surface area (Å²) in [5.74, 6) is 1.46. The van der Waals surface area contributed by atoms with Crippen LogP contribution in [-0.4, -0.2) is 42.0 Å². The molecule has 0 unspecified atom stereocenters. The number of para-hydroxylation sites is 1. The van der Waals surface area contributed by atoms with E-state index in [0.29, 0.717) is 13.2 Å². The predicted octanol–water partition coefficient (Wildman–Crippen LogP) is 3.39. The Morgan fingerprint density at radius 1 is 1.10 bits per heavy atom. The van der Waals surface area contributed by atoms with Gasteiger partial charge in [-0.25, -0.2) is 4.98 Å². The van der Waals surface area contributed by atoms with E-state index in [1.54, 1.807) is 0 Å². The molecule has 6 nitrogen and oxygen atoms in total. The van der Waals surface area contributed by atoms with Crippen LogP contribution in [0.4, 0.5) is 0 Å². The number of oxazole rings is 1. The molecule has 0 aliphatic carbocycles. The number of carbonyl (C=O) groups excluding carboxylic acids is 1. The van der Waals surface area contributed by atoms with Crippen molar-refractivity contribution in [2.45, 2.75) is 26.3 Å². The number of ether oxygens (including phenoxy) is 1. The molecule has 1 aromatic heterocycles. The van der Waals surface area contributed by atoms with Crippen molar-refractivity contribution in [1.82, 2.24) is 15.2 Å². The first-order chi connectivity index (χ1) is 14.7. The fraction of sp³-hybridized carbons (Fsp3) is 0.333. The molecule has 1 aliphatic heterocycles. The number of fused-ring (bicyclic) bond motifs is 1. The SMILES string of the molecule is Cc1ccccc1CN1CCc2nc(C(=O)NCCOc3ccccc3)oc2CC1. The van der Waals surface area contributed by atoms with Crippen LogP contribution in [0.25, 0.3) is 0 Å². The third-order valence-electron chi connectivity index (χ3n) is 5.35. The van der Waals surface area contributed by atoms with Gasteiger partial charge >= 0.3 is 5.91 Å². The largest absolute Gasteiger partial charge is 0.492 e. The van der Waals surface area contributed by atoms with Crippen molar-refractivity contribution in [2.75, 3.05) is 26.2 Å². The second-order valence-electron chi connectivity index (χ2n) is 7.51. The van der Waals surface area contributed by atoms with Crippen LogP contribution in [-0.2, 0) is 19.4 Å². The van der Waals surface area contributed by atoms with Crippen LogP contribution in [0.2, 0.25) is 0 Å². The van der Waals surface area contributed by atoms with E-state index in [0.717, 1.165) is 49.7 Å². The van der Waals surface area contributed by atoms with Gasteiger partial charge < -0.3 is 14.5 Å². The van der Waals surface area contributed by atoms with Gasteiger partial charge in [-0.05, 0) is 30.2 Å². The average molecular weight is 405 g/mol. The van der Waals surface area contributed by atoms with E-state index < -0.39 is 0 Å². The van der Waals surface area contributed by atoms with E-state index in [9.17, 15) is 4.79 Å². The molecule has 0 radical (unpaired) electrons. The van der Waals surface area contributed by atoms with E-state index in [4.69, 9.17) is 9.15 Å². The number of carbonyl (C=O) groups is 1. The molecule has 0 fully saturated rings. The van der Waals surface area contributed by atoms with E-state index in [-0.39, 0.29) is 11.8 Å². The Balaban J connectivity index is 1.27. The Morgan fingerprint density at radius 2 is 1.87 bits per heavy atom. The average Bonchev–Trinajstić information content (AvgIpc) is 3.09. The van der Waals surface area contributed by atoms with Gasteiger partial charge in [0, 0.05) is 32.5 Å². The third kappa shape index (κ3) is 5.07. The van der Waals surface area contributed by atoms with Crippen LogP contribution in [0.15, 0.2) is 59.0 Å². The van der Waals surface area contributed by atoms with Crippen LogP contribution in [0, 0.1) is 6.92 Å². The van der Waals surface area contributed by atoms with Gasteiger partial charge in [-0.2, -0.15) is 0 Å². The maximum Gasteiger partial charge on any atom is 0.307 e. The molecule has 30 heavy (non-hydrogen) atoms. The number of hydrogen-bond donors (Lipinski definition) is 1. The molecule has 1 N–H and O–H groups in total. The van der Waals surface area contributed by atoms with Gasteiger partial charge in [0.2, 0.25) is 0 Å². The number of nitrogens with one attached hydrogen (secondary N) is 1. The first-order valence-corrected chi connectivity index (χ1v) is 10.4. The summed E-state index contributed by atoms with van der Waals surface area (Å²) >= 11 is 0. The lowest BCUT2D eigenvalue weighted by molar-refractivity contribution is 0.0910. The third-order valence-corrected chi connectivity index (χ3v) is 5.35. The van der Waals surface area contributed by atoms with Crippen molar-refractivity contribution in [3.8, 4) is 5.75 Å². The highest BCUT2D eigenvalue weighted by atomic mass is 16.5. The van der Waals surface area contributed by atoms with Crippen molar-refractivity contribution in [3.05, 3.63) is 83.1 Å². The molecule has 1 amide bonds. The van der Waals surface area contributed by atoms with Crippen LogP contribution < -0.4 is 10.1 Å². The maximum absolute atomic E-state index is 12.4. The molecule has 3 aromatic rings. The molecule has 0 saturated carbocycles. The molecule has 0 bridgehead atoms. The van der Waals surface area contributed by atoms with Crippen molar-refractivity contribution in [1.29, 1.82) is 0 Å². The van der Waals surface area contributed by atoms with Gasteiger partial charge in [0.1, 0.15) is 18.1 Å². The van der Waals surface area contributed by atoms with Crippen molar-refractivity contribution >= 4 is 5.91 Å². The Kier molecular flexibility index (Phi) is 6.44. The minimum absolute atomic E-state index is 0.145. The molecule has 4 rings (SSSR count). The summed E-state index contributed by atoms with van der Waals surface area (Å²) in [5.41, 5.74) is 3.56. The molecule has 2 aromatic carbocycles. The zero-order chi connectivity index (χ0) is 20.8. The van der Waals surface area contributed by atoms with E-state index in [1.807, 2.05) is 30.3 Å². The first kappa shape index (κ1) is 20.2. The number of nitrogens with zero attached hydrogens (tertiary/aromatic N) is 2. The molecule has 0 spiro atoms. The summed E-state index contributed by atoms with van der Waals surface area (Å²) in [6.45, 7) is 5.65. The fourth-order valence-corrected chi connectivity index (χ4v) is 3.62. The lowest BCUT2D eigenvalue weighted by atomic mass is 10.1. The van der Waals surface area contributed by atoms with Crippen molar-refractivity contribution < 1.29 is 13.9 Å². The molecule has 2 heterocycles. The highest BCUT2D eigenvalue weighted by molar-refractivity contribution is 5.89. The maximum atomic E-state index is 12.4. The molecular weight excluding hydrogens is 378 g/mol. The monoisotopic (exact) mass is 405 g/mol. The van der Waals surface area contributed by atoms with Gasteiger partial charge in [-0.3, -0.25) is 9.69 Å². The summed E-state index contributed by atoms with van der Waals surface area (Å²) in [7, 11) is 0. The highest BCUT2D eigenvalue weighted by Gasteiger charge is 2.22. The van der Waals surface area contributed by atoms with Crippen molar-refractivity contribution in [2.24, 2.45) is 0 Å². The van der Waals surface area contributed by atoms with Gasteiger partial charge in [0.15, 0.2) is 0 Å². The van der Waals surface area contributed by atoms with Crippen LogP contribution in [0.5, 0.6) is 5.75 Å². The van der Waals surface area contributed by atoms with Crippen LogP contribution in [0.3, 0.4) is 0 Å². The zero-order valence-corrected chi connectivity index (χ0v) is 17.3. The lowest BCUT2D eigenvalue weighted by Gasteiger charge is -2.20. The molecule has 1 aliphatic rings. The fourth-order valence-electron chi connectivity index (χ4n) is 3.62. The van der Waals surface area contributed by atoms with Crippen LogP contribution >= 0.6 is 0 Å². The number of amides is 1. The first-order valence-electron chi connectivity index (χ1n) is 10.4. The minimum atomic E-state index is -0.295. The number of aryl methyl sites for hydroxylation is 1. The standard InChI is InChI=1S/C24H27N3O3/c1-18-7-5-6-8-19(18)17-27-14-11-21-22(12-15-27)30-24(26-21)23(28)25-13-16-29-20-9-3-2-4-10-20/h2-10H,11-17H2,1H3,(H,25,28). The Hall–Kier alpha value is -3.12. The van der Waals surface area contributed by atoms with Gasteiger partial charge in [-0.15, -0.1) is 0 Å².